The second-order valence-electron chi connectivity index (χ2n) is 18.6. The molecule has 2 aliphatic rings. The van der Waals surface area contributed by atoms with E-state index in [4.69, 9.17) is 24.9 Å². The Morgan fingerprint density at radius 1 is 0.847 bits per heavy atom. The van der Waals surface area contributed by atoms with E-state index in [0.717, 1.165) is 33.6 Å². The zero-order valence-corrected chi connectivity index (χ0v) is 42.4. The van der Waals surface area contributed by atoms with Crippen LogP contribution in [0.1, 0.15) is 77.2 Å². The molecule has 3 heterocycles. The molecule has 2 aliphatic heterocycles. The zero-order chi connectivity index (χ0) is 52.2. The summed E-state index contributed by atoms with van der Waals surface area (Å²) in [5, 5.41) is 4.85. The second kappa shape index (κ2) is 28.4. The number of nitrogens with two attached hydrogens (primary N) is 1. The fourth-order valence-corrected chi connectivity index (χ4v) is 9.41. The Morgan fingerprint density at radius 3 is 2.00 bits per heavy atom. The van der Waals surface area contributed by atoms with Gasteiger partial charge >= 0.3 is 0 Å². The van der Waals surface area contributed by atoms with Gasteiger partial charge in [0.25, 0.3) is 11.8 Å². The van der Waals surface area contributed by atoms with E-state index in [2.05, 4.69) is 10.6 Å². The Kier molecular flexibility index (Phi) is 22.5. The Hall–Kier alpha value is -5.87. The van der Waals surface area contributed by atoms with Crippen molar-refractivity contribution in [1.29, 1.82) is 0 Å². The monoisotopic (exact) mass is 1020 g/mol. The number of halogens is 2. The minimum absolute atomic E-state index is 0.00443. The number of likely N-dealkylation sites (tertiary alicyclic amines) is 1. The first-order valence-corrected chi connectivity index (χ1v) is 25.3. The van der Waals surface area contributed by atoms with Crippen LogP contribution < -0.4 is 16.4 Å². The van der Waals surface area contributed by atoms with E-state index in [9.17, 15) is 38.0 Å². The van der Waals surface area contributed by atoms with Crippen molar-refractivity contribution in [3.05, 3.63) is 89.9 Å². The minimum Gasteiger partial charge on any atom is -0.379 e. The lowest BCUT2D eigenvalue weighted by Gasteiger charge is -2.41. The van der Waals surface area contributed by atoms with Gasteiger partial charge < -0.3 is 40.0 Å². The molecule has 1 fully saturated rings. The number of hydrogen-bond donors (Lipinski definition) is 3. The van der Waals surface area contributed by atoms with Gasteiger partial charge in [0.1, 0.15) is 17.5 Å². The van der Waals surface area contributed by atoms with Crippen molar-refractivity contribution in [2.75, 3.05) is 84.7 Å². The molecule has 0 aliphatic carbocycles. The van der Waals surface area contributed by atoms with Crippen molar-refractivity contribution in [1.82, 2.24) is 34.9 Å². The maximum atomic E-state index is 15.1. The number of hydrogen-bond acceptors (Lipinski definition) is 13. The average Bonchev–Trinajstić information content (AvgIpc) is 3.98. The first kappa shape index (κ1) is 57.0. The fraction of sp³-hybridized carbons (Fsp3) is 0.529. The fourth-order valence-electron chi connectivity index (χ4n) is 8.13. The number of imide groups is 2. The van der Waals surface area contributed by atoms with Crippen molar-refractivity contribution in [2.45, 2.75) is 77.6 Å². The average molecular weight is 1020 g/mol. The molecule has 0 bridgehead atoms. The molecule has 21 heteroatoms. The number of imidazole rings is 1. The highest BCUT2D eigenvalue weighted by Crippen LogP contribution is 2.40. The first-order chi connectivity index (χ1) is 34.5. The number of ether oxygens (including phenoxy) is 3. The third-order valence-electron chi connectivity index (χ3n) is 11.9. The van der Waals surface area contributed by atoms with Crippen LogP contribution in [0.4, 0.5) is 8.78 Å². The van der Waals surface area contributed by atoms with Gasteiger partial charge in [0, 0.05) is 103 Å². The van der Waals surface area contributed by atoms with Crippen LogP contribution in [0.2, 0.25) is 0 Å². The summed E-state index contributed by atoms with van der Waals surface area (Å²) in [6.07, 6.45) is 5.14. The molecule has 18 nitrogen and oxygen atoms in total. The predicted molar refractivity (Wildman–Crippen MR) is 266 cm³/mol. The van der Waals surface area contributed by atoms with E-state index >= 15 is 4.39 Å². The SMILES string of the molecule is CC(=O)N(CC(CN)CSC1CC(=O)N(CCC(=O)NCCCOCCOCCOCCCNC(=O)CCN2C(=O)C=CC2=O)C1=O)[C@@H](c1nc(-c2cc(F)ccc2F)cn1Cc1ccccc1)C(C)(C)C. The topological polar surface area (TPSA) is 225 Å². The summed E-state index contributed by atoms with van der Waals surface area (Å²) in [6, 6.07) is 12.2. The van der Waals surface area contributed by atoms with Crippen molar-refractivity contribution < 1.29 is 56.6 Å². The molecule has 7 amide bonds. The number of aromatic nitrogens is 2. The molecule has 72 heavy (non-hydrogen) atoms. The number of carbonyl (C=O) groups is 7. The number of nitrogens with zero attached hydrogens (tertiary/aromatic N) is 5. The Labute approximate surface area is 423 Å². The molecule has 0 spiro atoms. The molecule has 392 valence electrons. The number of carbonyl (C=O) groups excluding carboxylic acids is 7. The van der Waals surface area contributed by atoms with Gasteiger partial charge in [-0.15, -0.1) is 11.8 Å². The van der Waals surface area contributed by atoms with Gasteiger partial charge in [0.05, 0.1) is 43.4 Å². The maximum Gasteiger partial charge on any atom is 0.253 e. The lowest BCUT2D eigenvalue weighted by molar-refractivity contribution is -0.140. The maximum absolute atomic E-state index is 15.1. The van der Waals surface area contributed by atoms with Gasteiger partial charge in [-0.25, -0.2) is 13.8 Å². The van der Waals surface area contributed by atoms with E-state index < -0.39 is 40.2 Å². The van der Waals surface area contributed by atoms with Crippen molar-refractivity contribution >= 4 is 53.1 Å². The number of amides is 7. The van der Waals surface area contributed by atoms with Crippen molar-refractivity contribution in [3.8, 4) is 11.3 Å². The largest absolute Gasteiger partial charge is 0.379 e. The number of benzene rings is 2. The molecule has 3 atom stereocenters. The molecule has 4 N–H and O–H groups in total. The Morgan fingerprint density at radius 2 is 1.43 bits per heavy atom. The minimum atomic E-state index is -0.674. The second-order valence-corrected chi connectivity index (χ2v) is 19.8. The van der Waals surface area contributed by atoms with Crippen LogP contribution in [0.5, 0.6) is 0 Å². The van der Waals surface area contributed by atoms with Gasteiger partial charge in [-0.2, -0.15) is 0 Å². The summed E-state index contributed by atoms with van der Waals surface area (Å²) in [7, 11) is 0. The van der Waals surface area contributed by atoms with E-state index in [-0.39, 0.29) is 92.2 Å². The summed E-state index contributed by atoms with van der Waals surface area (Å²) >= 11 is 1.30. The number of nitrogens with one attached hydrogen (secondary N) is 2. The highest BCUT2D eigenvalue weighted by atomic mass is 32.2. The molecule has 1 saturated heterocycles. The van der Waals surface area contributed by atoms with Gasteiger partial charge in [0.15, 0.2) is 0 Å². The standard InChI is InChI=1S/C51H68F2N8O10S/c1-35(62)61(48(51(2,3)4)49-57-41(39-28-38(52)12-13-40(39)53)33-58(49)31-36-10-6-5-7-11-36)32-37(30-54)34-72-42-29-47(67)60(50(42)68)21-17-44(64)56-19-9-23-70-25-27-71-26-24-69-22-8-18-55-43(63)16-20-59-45(65)14-15-46(59)66/h5-7,10-15,28,33,37,42,48H,8-9,16-27,29-32,34,54H2,1-4H3,(H,55,63)(H,56,64)/t37?,42?,48-/m0/s1. The predicted octanol–water partition coefficient (Wildman–Crippen LogP) is 4.02. The van der Waals surface area contributed by atoms with Crippen LogP contribution in [0.15, 0.2) is 66.9 Å². The molecule has 2 unspecified atom stereocenters. The molecule has 1 aromatic heterocycles. The summed E-state index contributed by atoms with van der Waals surface area (Å²) < 4.78 is 48.0. The molecule has 0 saturated carbocycles. The summed E-state index contributed by atoms with van der Waals surface area (Å²) in [5.41, 5.74) is 6.87. The van der Waals surface area contributed by atoms with Gasteiger partial charge in [-0.3, -0.25) is 43.4 Å². The van der Waals surface area contributed by atoms with Gasteiger partial charge in [-0.1, -0.05) is 51.1 Å². The third-order valence-corrected chi connectivity index (χ3v) is 13.3. The van der Waals surface area contributed by atoms with E-state index in [1.54, 1.807) is 11.1 Å². The van der Waals surface area contributed by atoms with Gasteiger partial charge in [-0.05, 0) is 60.2 Å². The highest BCUT2D eigenvalue weighted by molar-refractivity contribution is 8.00. The Balaban J connectivity index is 0.984. The summed E-state index contributed by atoms with van der Waals surface area (Å²) in [4.78, 5) is 96.5. The van der Waals surface area contributed by atoms with Gasteiger partial charge in [0.2, 0.25) is 29.5 Å². The third kappa shape index (κ3) is 17.4. The Bertz CT molecular complexity index is 2350. The quantitative estimate of drug-likeness (QED) is 0.0613. The smallest absolute Gasteiger partial charge is 0.253 e. The van der Waals surface area contributed by atoms with E-state index in [1.165, 1.54) is 30.8 Å². The van der Waals surface area contributed by atoms with Crippen LogP contribution in [-0.2, 0) is 54.3 Å². The van der Waals surface area contributed by atoms with Crippen LogP contribution in [-0.4, -0.2) is 156 Å². The zero-order valence-electron chi connectivity index (χ0n) is 41.6. The summed E-state index contributed by atoms with van der Waals surface area (Å²) in [5.74, 6) is -3.09. The normalized spacial score (nSPS) is 15.7. The number of thioether (sulfide) groups is 1. The van der Waals surface area contributed by atoms with E-state index in [0.29, 0.717) is 83.7 Å². The molecule has 2 aromatic carbocycles. The van der Waals surface area contributed by atoms with Crippen LogP contribution >= 0.6 is 11.8 Å². The molecule has 5 rings (SSSR count). The van der Waals surface area contributed by atoms with Crippen LogP contribution in [0.3, 0.4) is 0 Å². The first-order valence-electron chi connectivity index (χ1n) is 24.3. The van der Waals surface area contributed by atoms with Crippen LogP contribution in [0, 0.1) is 23.0 Å². The highest BCUT2D eigenvalue weighted by Gasteiger charge is 2.41. The molecular weight excluding hydrogens is 955 g/mol. The summed E-state index contributed by atoms with van der Waals surface area (Å²) in [6.45, 7) is 11.1. The lowest BCUT2D eigenvalue weighted by Crippen LogP contribution is -2.45. The molecular formula is C51H68F2N8O10S. The molecule has 0 radical (unpaired) electrons. The lowest BCUT2D eigenvalue weighted by atomic mass is 9.84. The van der Waals surface area contributed by atoms with E-state index in [1.807, 2.05) is 55.7 Å². The molecule has 3 aromatic rings. The van der Waals surface area contributed by atoms with Crippen molar-refractivity contribution in [3.63, 3.8) is 0 Å². The van der Waals surface area contributed by atoms with Crippen molar-refractivity contribution in [2.24, 2.45) is 17.1 Å². The number of rotatable bonds is 31. The van der Waals surface area contributed by atoms with Crippen LogP contribution in [0.25, 0.3) is 11.3 Å².